The van der Waals surface area contributed by atoms with Gasteiger partial charge in [-0.15, -0.1) is 0 Å². The molecule has 0 amide bonds. The van der Waals surface area contributed by atoms with Gasteiger partial charge in [0.2, 0.25) is 0 Å². The zero-order valence-electron chi connectivity index (χ0n) is 12.9. The van der Waals surface area contributed by atoms with Gasteiger partial charge in [-0.1, -0.05) is 57.7 Å². The first-order valence-electron chi connectivity index (χ1n) is 7.80. The Hall–Kier alpha value is -0.890. The molecule has 0 saturated carbocycles. The van der Waals surface area contributed by atoms with E-state index in [1.807, 2.05) is 24.1 Å². The minimum atomic E-state index is 0.556. The van der Waals surface area contributed by atoms with Crippen molar-refractivity contribution in [1.29, 1.82) is 0 Å². The van der Waals surface area contributed by atoms with Crippen LogP contribution in [0.3, 0.4) is 0 Å². The Morgan fingerprint density at radius 1 is 1.15 bits per heavy atom. The van der Waals surface area contributed by atoms with E-state index in [2.05, 4.69) is 38.3 Å². The van der Waals surface area contributed by atoms with Gasteiger partial charge in [0.05, 0.1) is 6.26 Å². The van der Waals surface area contributed by atoms with Crippen LogP contribution in [-0.2, 0) is 0 Å². The van der Waals surface area contributed by atoms with E-state index in [4.69, 9.17) is 4.42 Å². The third kappa shape index (κ3) is 3.41. The Morgan fingerprint density at radius 2 is 1.95 bits per heavy atom. The zero-order valence-corrected chi connectivity index (χ0v) is 13.7. The number of para-hydroxylation sites is 1. The highest BCUT2D eigenvalue weighted by atomic mass is 32.2. The number of hydrogen-bond donors (Lipinski definition) is 0. The standard InChI is InChI=1S/C18H26OS/c1-4-6-7-10-14(5-2)18(20-3)16-13-19-17-12-9-8-11-15(16)17/h8-9,11-14,18H,4-7,10H2,1-3H3. The minimum Gasteiger partial charge on any atom is -0.464 e. The molecule has 0 fully saturated rings. The Morgan fingerprint density at radius 3 is 2.65 bits per heavy atom. The van der Waals surface area contributed by atoms with Crippen LogP contribution in [-0.4, -0.2) is 6.26 Å². The van der Waals surface area contributed by atoms with E-state index in [9.17, 15) is 0 Å². The van der Waals surface area contributed by atoms with Gasteiger partial charge in [0.15, 0.2) is 0 Å². The monoisotopic (exact) mass is 290 g/mol. The molecule has 1 heterocycles. The number of benzene rings is 1. The number of furan rings is 1. The van der Waals surface area contributed by atoms with E-state index in [-0.39, 0.29) is 0 Å². The first-order chi connectivity index (χ1) is 9.81. The van der Waals surface area contributed by atoms with Gasteiger partial charge in [0.1, 0.15) is 5.58 Å². The summed E-state index contributed by atoms with van der Waals surface area (Å²) in [5, 5.41) is 1.85. The van der Waals surface area contributed by atoms with Crippen molar-refractivity contribution in [2.75, 3.05) is 6.26 Å². The molecule has 2 rings (SSSR count). The van der Waals surface area contributed by atoms with Crippen LogP contribution < -0.4 is 0 Å². The van der Waals surface area contributed by atoms with Crippen molar-refractivity contribution in [3.8, 4) is 0 Å². The van der Waals surface area contributed by atoms with Gasteiger partial charge in [0.25, 0.3) is 0 Å². The molecular weight excluding hydrogens is 264 g/mol. The molecule has 110 valence electrons. The van der Waals surface area contributed by atoms with E-state index in [1.165, 1.54) is 43.1 Å². The maximum absolute atomic E-state index is 5.74. The lowest BCUT2D eigenvalue weighted by Crippen LogP contribution is -2.09. The fourth-order valence-corrected chi connectivity index (χ4v) is 4.17. The van der Waals surface area contributed by atoms with Crippen LogP contribution in [0.4, 0.5) is 0 Å². The molecule has 0 saturated heterocycles. The highest BCUT2D eigenvalue weighted by Gasteiger charge is 2.23. The highest BCUT2D eigenvalue weighted by molar-refractivity contribution is 7.98. The van der Waals surface area contributed by atoms with Gasteiger partial charge in [-0.05, 0) is 24.7 Å². The molecule has 1 nitrogen and oxygen atoms in total. The Balaban J connectivity index is 2.21. The first kappa shape index (κ1) is 15.5. The van der Waals surface area contributed by atoms with E-state index < -0.39 is 0 Å². The van der Waals surface area contributed by atoms with Crippen LogP contribution in [0, 0.1) is 5.92 Å². The molecule has 0 aliphatic rings. The summed E-state index contributed by atoms with van der Waals surface area (Å²) in [5.41, 5.74) is 2.40. The van der Waals surface area contributed by atoms with E-state index in [0.717, 1.165) is 11.5 Å². The molecule has 0 spiro atoms. The summed E-state index contributed by atoms with van der Waals surface area (Å²) in [5.74, 6) is 0.748. The average Bonchev–Trinajstić information content (AvgIpc) is 2.91. The Kier molecular flexibility index (Phi) is 6.03. The van der Waals surface area contributed by atoms with Crippen molar-refractivity contribution in [3.63, 3.8) is 0 Å². The molecule has 0 aliphatic carbocycles. The molecule has 2 heteroatoms. The summed E-state index contributed by atoms with van der Waals surface area (Å²) in [6.07, 6.45) is 10.8. The molecule has 0 aliphatic heterocycles. The molecule has 0 radical (unpaired) electrons. The summed E-state index contributed by atoms with van der Waals surface area (Å²) >= 11 is 1.97. The SMILES string of the molecule is CCCCCC(CC)C(SC)c1coc2ccccc12. The van der Waals surface area contributed by atoms with E-state index in [1.54, 1.807) is 0 Å². The Bertz CT molecular complexity index is 517. The van der Waals surface area contributed by atoms with E-state index >= 15 is 0 Å². The van der Waals surface area contributed by atoms with Gasteiger partial charge in [-0.3, -0.25) is 0 Å². The second kappa shape index (κ2) is 7.78. The van der Waals surface area contributed by atoms with Crippen LogP contribution in [0.1, 0.15) is 56.8 Å². The fourth-order valence-electron chi connectivity index (χ4n) is 3.02. The minimum absolute atomic E-state index is 0.556. The lowest BCUT2D eigenvalue weighted by atomic mass is 9.91. The fraction of sp³-hybridized carbons (Fsp3) is 0.556. The molecule has 0 bridgehead atoms. The normalized spacial score (nSPS) is 14.6. The summed E-state index contributed by atoms with van der Waals surface area (Å²) in [4.78, 5) is 0. The molecule has 2 aromatic rings. The predicted molar refractivity (Wildman–Crippen MR) is 90.4 cm³/mol. The van der Waals surface area contributed by atoms with Crippen LogP contribution in [0.15, 0.2) is 34.9 Å². The number of hydrogen-bond acceptors (Lipinski definition) is 2. The molecule has 1 aromatic carbocycles. The molecular formula is C18H26OS. The molecule has 0 N–H and O–H groups in total. The molecule has 1 aromatic heterocycles. The van der Waals surface area contributed by atoms with Gasteiger partial charge < -0.3 is 4.42 Å². The number of rotatable bonds is 8. The van der Waals surface area contributed by atoms with Gasteiger partial charge >= 0.3 is 0 Å². The van der Waals surface area contributed by atoms with Crippen LogP contribution in [0.2, 0.25) is 0 Å². The summed E-state index contributed by atoms with van der Waals surface area (Å²) in [6, 6.07) is 8.41. The topological polar surface area (TPSA) is 13.1 Å². The summed E-state index contributed by atoms with van der Waals surface area (Å²) < 4.78 is 5.74. The van der Waals surface area contributed by atoms with Gasteiger partial charge in [-0.2, -0.15) is 11.8 Å². The van der Waals surface area contributed by atoms with Crippen molar-refractivity contribution in [3.05, 3.63) is 36.1 Å². The van der Waals surface area contributed by atoms with Gasteiger partial charge in [0, 0.05) is 16.2 Å². The smallest absolute Gasteiger partial charge is 0.134 e. The molecule has 2 atom stereocenters. The molecule has 20 heavy (non-hydrogen) atoms. The predicted octanol–water partition coefficient (Wildman–Crippen LogP) is 6.44. The van der Waals surface area contributed by atoms with Crippen LogP contribution >= 0.6 is 11.8 Å². The second-order valence-electron chi connectivity index (χ2n) is 5.51. The largest absolute Gasteiger partial charge is 0.464 e. The maximum atomic E-state index is 5.74. The van der Waals surface area contributed by atoms with Crippen molar-refractivity contribution in [2.24, 2.45) is 5.92 Å². The number of unbranched alkanes of at least 4 members (excludes halogenated alkanes) is 2. The maximum Gasteiger partial charge on any atom is 0.134 e. The Labute approximate surface area is 127 Å². The van der Waals surface area contributed by atoms with Crippen LogP contribution in [0.25, 0.3) is 11.0 Å². The van der Waals surface area contributed by atoms with Crippen molar-refractivity contribution >= 4 is 22.7 Å². The van der Waals surface area contributed by atoms with E-state index in [0.29, 0.717) is 5.25 Å². The lowest BCUT2D eigenvalue weighted by molar-refractivity contribution is 0.434. The third-order valence-corrected chi connectivity index (χ3v) is 5.35. The average molecular weight is 290 g/mol. The van der Waals surface area contributed by atoms with Gasteiger partial charge in [-0.25, -0.2) is 0 Å². The summed E-state index contributed by atoms with van der Waals surface area (Å²) in [6.45, 7) is 4.60. The number of fused-ring (bicyclic) bond motifs is 1. The summed E-state index contributed by atoms with van der Waals surface area (Å²) in [7, 11) is 0. The van der Waals surface area contributed by atoms with Crippen molar-refractivity contribution < 1.29 is 4.42 Å². The first-order valence-corrected chi connectivity index (χ1v) is 9.09. The lowest BCUT2D eigenvalue weighted by Gasteiger charge is -2.24. The quantitative estimate of drug-likeness (QED) is 0.519. The number of thioether (sulfide) groups is 1. The second-order valence-corrected chi connectivity index (χ2v) is 6.49. The van der Waals surface area contributed by atoms with Crippen molar-refractivity contribution in [2.45, 2.75) is 51.2 Å². The third-order valence-electron chi connectivity index (χ3n) is 4.20. The zero-order chi connectivity index (χ0) is 14.4. The van der Waals surface area contributed by atoms with Crippen molar-refractivity contribution in [1.82, 2.24) is 0 Å². The molecule has 2 unspecified atom stereocenters. The highest BCUT2D eigenvalue weighted by Crippen LogP contribution is 2.42. The van der Waals surface area contributed by atoms with Crippen LogP contribution in [0.5, 0.6) is 0 Å².